The first-order chi connectivity index (χ1) is 24.7. The number of halogens is 1. The van der Waals surface area contributed by atoms with Crippen LogP contribution in [0.25, 0.3) is 0 Å². The van der Waals surface area contributed by atoms with Gasteiger partial charge in [-0.25, -0.2) is 4.79 Å². The van der Waals surface area contributed by atoms with E-state index < -0.39 is 23.7 Å². The summed E-state index contributed by atoms with van der Waals surface area (Å²) in [5.41, 5.74) is 2.21. The zero-order chi connectivity index (χ0) is 35.6. The van der Waals surface area contributed by atoms with Crippen LogP contribution in [-0.2, 0) is 19.1 Å². The molecule has 8 rings (SSSR count). The van der Waals surface area contributed by atoms with Gasteiger partial charge in [0.15, 0.2) is 6.61 Å². The standard InChI is InChI=1S/C37H32BrN3O8S2/c1-3-48-36(45)17-4-7-19(8-5-17)39-26(42)16-49-25-13-6-18(38)14-22(25)27-28-23-15-24(31(28)50-33-32(27)51-37(46)40-33)30-29(23)34(43)41(35(30)44)20-9-11-21(47-2)12-10-20/h4-14,23-24,27-31H,3,15-16H2,1-2H3,(H,39,42)(H,40,46)/t23?,24?,27-,28?,29?,30?,31?/m1/s1. The summed E-state index contributed by atoms with van der Waals surface area (Å²) in [5.74, 6) is -1.48. The van der Waals surface area contributed by atoms with E-state index in [1.165, 1.54) is 4.90 Å². The Hall–Kier alpha value is -4.40. The second kappa shape index (κ2) is 13.3. The van der Waals surface area contributed by atoms with E-state index in [9.17, 15) is 24.0 Å². The molecule has 2 bridgehead atoms. The molecule has 1 saturated heterocycles. The Balaban J connectivity index is 1.08. The summed E-state index contributed by atoms with van der Waals surface area (Å²) in [6, 6.07) is 19.0. The lowest BCUT2D eigenvalue weighted by Gasteiger charge is -2.43. The Morgan fingerprint density at radius 3 is 2.41 bits per heavy atom. The zero-order valence-electron chi connectivity index (χ0n) is 27.4. The van der Waals surface area contributed by atoms with Crippen molar-refractivity contribution in [1.82, 2.24) is 4.98 Å². The van der Waals surface area contributed by atoms with Crippen LogP contribution in [0.15, 0.2) is 81.0 Å². The van der Waals surface area contributed by atoms with Gasteiger partial charge in [0, 0.05) is 31.8 Å². The number of thiazole rings is 1. The van der Waals surface area contributed by atoms with Crippen LogP contribution in [0.4, 0.5) is 11.4 Å². The number of benzene rings is 3. The number of carbonyl (C=O) groups excluding carboxylic acids is 4. The average molecular weight is 791 g/mol. The minimum atomic E-state index is -0.469. The molecule has 3 aromatic carbocycles. The van der Waals surface area contributed by atoms with Gasteiger partial charge in [0.25, 0.3) is 5.91 Å². The van der Waals surface area contributed by atoms with E-state index in [-0.39, 0.29) is 58.8 Å². The molecular weight excluding hydrogens is 758 g/mol. The van der Waals surface area contributed by atoms with Crippen molar-refractivity contribution < 1.29 is 33.4 Å². The van der Waals surface area contributed by atoms with Crippen molar-refractivity contribution in [2.24, 2.45) is 29.6 Å². The highest BCUT2D eigenvalue weighted by molar-refractivity contribution is 9.10. The van der Waals surface area contributed by atoms with Crippen LogP contribution in [0.5, 0.6) is 11.5 Å². The molecule has 4 aliphatic rings. The number of rotatable bonds is 9. The van der Waals surface area contributed by atoms with Crippen LogP contribution in [0, 0.1) is 29.6 Å². The van der Waals surface area contributed by atoms with Gasteiger partial charge in [-0.15, -0.1) is 11.8 Å². The van der Waals surface area contributed by atoms with Gasteiger partial charge in [-0.2, -0.15) is 0 Å². The van der Waals surface area contributed by atoms with Crippen molar-refractivity contribution in [3.63, 3.8) is 0 Å². The molecule has 1 aromatic heterocycles. The van der Waals surface area contributed by atoms with Crippen LogP contribution < -0.4 is 24.6 Å². The van der Waals surface area contributed by atoms with E-state index >= 15 is 0 Å². The lowest BCUT2D eigenvalue weighted by molar-refractivity contribution is -0.123. The third-order valence-electron chi connectivity index (χ3n) is 10.4. The van der Waals surface area contributed by atoms with Crippen LogP contribution in [-0.4, -0.2) is 54.2 Å². The molecule has 3 heterocycles. The van der Waals surface area contributed by atoms with Gasteiger partial charge in [0.2, 0.25) is 11.8 Å². The number of anilines is 2. The van der Waals surface area contributed by atoms with Crippen molar-refractivity contribution in [3.05, 3.63) is 96.9 Å². The molecule has 6 unspecified atom stereocenters. The fourth-order valence-electron chi connectivity index (χ4n) is 8.49. The van der Waals surface area contributed by atoms with Crippen LogP contribution >= 0.6 is 39.0 Å². The first-order valence-electron chi connectivity index (χ1n) is 16.6. The van der Waals surface area contributed by atoms with Crippen molar-refractivity contribution in [1.29, 1.82) is 0 Å². The molecule has 2 saturated carbocycles. The number of hydrogen-bond acceptors (Lipinski definition) is 10. The molecule has 2 N–H and O–H groups in total. The molecule has 51 heavy (non-hydrogen) atoms. The van der Waals surface area contributed by atoms with E-state index in [0.717, 1.165) is 37.7 Å². The highest BCUT2D eigenvalue weighted by Gasteiger charge is 2.70. The van der Waals surface area contributed by atoms with Crippen molar-refractivity contribution in [3.8, 4) is 11.5 Å². The number of nitrogens with one attached hydrogen (secondary N) is 2. The second-order valence-corrected chi connectivity index (χ2v) is 16.1. The summed E-state index contributed by atoms with van der Waals surface area (Å²) in [4.78, 5) is 71.1. The van der Waals surface area contributed by atoms with E-state index in [2.05, 4.69) is 26.2 Å². The number of fused-ring (bicyclic) bond motifs is 9. The van der Waals surface area contributed by atoms with Gasteiger partial charge < -0.3 is 24.5 Å². The number of nitrogens with zero attached hydrogens (tertiary/aromatic N) is 1. The van der Waals surface area contributed by atoms with Gasteiger partial charge in [-0.1, -0.05) is 27.3 Å². The van der Waals surface area contributed by atoms with Gasteiger partial charge >= 0.3 is 10.8 Å². The lowest BCUT2D eigenvalue weighted by atomic mass is 9.68. The van der Waals surface area contributed by atoms with Crippen LogP contribution in [0.1, 0.15) is 40.1 Å². The van der Waals surface area contributed by atoms with E-state index in [0.29, 0.717) is 28.4 Å². The van der Waals surface area contributed by atoms with Crippen LogP contribution in [0.3, 0.4) is 0 Å². The Kier molecular flexibility index (Phi) is 8.79. The number of ether oxygens (including phenoxy) is 3. The molecule has 2 aliphatic heterocycles. The molecule has 3 fully saturated rings. The van der Waals surface area contributed by atoms with E-state index in [1.807, 2.05) is 12.1 Å². The topological polar surface area (TPSA) is 144 Å². The Morgan fingerprint density at radius 2 is 1.71 bits per heavy atom. The highest BCUT2D eigenvalue weighted by atomic mass is 79.9. The number of aromatic nitrogens is 1. The molecule has 7 atom stereocenters. The van der Waals surface area contributed by atoms with Crippen molar-refractivity contribution in [2.75, 3.05) is 30.5 Å². The van der Waals surface area contributed by atoms with Crippen LogP contribution in [0.2, 0.25) is 0 Å². The Morgan fingerprint density at radius 1 is 0.980 bits per heavy atom. The summed E-state index contributed by atoms with van der Waals surface area (Å²) in [7, 11) is 1.57. The molecule has 0 radical (unpaired) electrons. The van der Waals surface area contributed by atoms with Gasteiger partial charge in [-0.05, 0) is 97.8 Å². The van der Waals surface area contributed by atoms with E-state index in [1.54, 1.807) is 80.4 Å². The number of aromatic amines is 1. The Bertz CT molecular complexity index is 2120. The number of esters is 1. The van der Waals surface area contributed by atoms with E-state index in [4.69, 9.17) is 14.2 Å². The Labute approximate surface area is 309 Å². The largest absolute Gasteiger partial charge is 0.497 e. The number of imide groups is 1. The molecule has 3 amide bonds. The first kappa shape index (κ1) is 33.7. The maximum absolute atomic E-state index is 14.2. The monoisotopic (exact) mass is 789 g/mol. The van der Waals surface area contributed by atoms with Crippen molar-refractivity contribution >= 4 is 74.1 Å². The number of H-pyrrole nitrogens is 1. The normalized spacial score (nSPS) is 25.6. The molecule has 14 heteroatoms. The summed E-state index contributed by atoms with van der Waals surface area (Å²) in [6.07, 6.45) is 0.739. The first-order valence-corrected chi connectivity index (χ1v) is 19.1. The molecule has 262 valence electrons. The molecule has 11 nitrogen and oxygen atoms in total. The smallest absolute Gasteiger partial charge is 0.338 e. The number of thioether (sulfide) groups is 1. The minimum absolute atomic E-state index is 0.0146. The summed E-state index contributed by atoms with van der Waals surface area (Å²) in [6.45, 7) is 1.71. The third-order valence-corrected chi connectivity index (χ3v) is 13.5. The predicted molar refractivity (Wildman–Crippen MR) is 195 cm³/mol. The zero-order valence-corrected chi connectivity index (χ0v) is 30.6. The van der Waals surface area contributed by atoms with Gasteiger partial charge in [-0.3, -0.25) is 24.1 Å². The average Bonchev–Trinajstić information content (AvgIpc) is 3.87. The predicted octanol–water partition coefficient (Wildman–Crippen LogP) is 6.08. The minimum Gasteiger partial charge on any atom is -0.497 e. The maximum Gasteiger partial charge on any atom is 0.338 e. The number of hydrogen-bond donors (Lipinski definition) is 2. The quantitative estimate of drug-likeness (QED) is 0.152. The molecular formula is C37H32BrN3O8S2. The molecule has 2 aliphatic carbocycles. The third kappa shape index (κ3) is 5.77. The fraction of sp³-hybridized carbons (Fsp3) is 0.324. The number of carbonyl (C=O) groups is 4. The summed E-state index contributed by atoms with van der Waals surface area (Å²) >= 11 is 6.39. The molecule has 0 spiro atoms. The number of methoxy groups -OCH3 is 1. The fourth-order valence-corrected chi connectivity index (χ4v) is 11.7. The molecule has 4 aromatic rings. The maximum atomic E-state index is 14.2. The van der Waals surface area contributed by atoms with Crippen molar-refractivity contribution in [2.45, 2.75) is 29.5 Å². The highest BCUT2D eigenvalue weighted by Crippen LogP contribution is 2.69. The second-order valence-electron chi connectivity index (χ2n) is 13.0. The van der Waals surface area contributed by atoms with Gasteiger partial charge in [0.1, 0.15) is 11.5 Å². The summed E-state index contributed by atoms with van der Waals surface area (Å²) in [5, 5.41) is 3.57. The summed E-state index contributed by atoms with van der Waals surface area (Å²) < 4.78 is 17.3. The SMILES string of the molecule is CCOC(=O)c1ccc(NC(=O)COc2ccc(Br)cc2[C@H]2c3sc(=O)[nH]c3SC3C4CC(C5C(=O)N(c6ccc(OC)cc6)C(=O)C45)C32)cc1. The van der Waals surface area contributed by atoms with Gasteiger partial charge in [0.05, 0.1) is 41.8 Å². The lowest BCUT2D eigenvalue weighted by Crippen LogP contribution is -2.42. The number of amides is 3.